The molecule has 2 aromatic rings. The molecule has 2 heterocycles. The lowest BCUT2D eigenvalue weighted by Crippen LogP contribution is -2.03. The number of anilines is 1. The first-order chi connectivity index (χ1) is 8.70. The molecule has 90 valence electrons. The number of hydrogen-bond donors (Lipinski definition) is 1. The number of nitriles is 1. The van der Waals surface area contributed by atoms with Crippen LogP contribution in [0.1, 0.15) is 10.4 Å². The fraction of sp³-hybridized carbons (Fsp3) is 0.100. The van der Waals surface area contributed by atoms with Crippen LogP contribution in [0.15, 0.2) is 24.0 Å². The van der Waals surface area contributed by atoms with Crippen LogP contribution in [-0.2, 0) is 6.54 Å². The first kappa shape index (κ1) is 11.9. The molecule has 7 nitrogen and oxygen atoms in total. The zero-order chi connectivity index (χ0) is 13.0. The third-order valence-electron chi connectivity index (χ3n) is 2.12. The van der Waals surface area contributed by atoms with E-state index in [0.717, 1.165) is 11.1 Å². The number of pyridine rings is 1. The minimum atomic E-state index is -0.583. The Balaban J connectivity index is 2.18. The van der Waals surface area contributed by atoms with Crippen LogP contribution in [0.4, 0.5) is 11.5 Å². The van der Waals surface area contributed by atoms with Crippen molar-refractivity contribution in [2.75, 3.05) is 5.32 Å². The maximum absolute atomic E-state index is 10.6. The number of rotatable bonds is 4. The Hall–Kier alpha value is -2.53. The van der Waals surface area contributed by atoms with E-state index in [1.807, 2.05) is 6.07 Å². The van der Waals surface area contributed by atoms with Crippen LogP contribution in [0.2, 0.25) is 0 Å². The van der Waals surface area contributed by atoms with Gasteiger partial charge in [-0.05, 0) is 0 Å². The second-order valence-corrected chi connectivity index (χ2v) is 4.25. The lowest BCUT2D eigenvalue weighted by atomic mass is 10.2. The lowest BCUT2D eigenvalue weighted by Gasteiger charge is -2.04. The van der Waals surface area contributed by atoms with Crippen molar-refractivity contribution in [1.29, 1.82) is 5.26 Å². The van der Waals surface area contributed by atoms with Gasteiger partial charge in [0.2, 0.25) is 0 Å². The number of thiazole rings is 1. The molecule has 0 aliphatic rings. The van der Waals surface area contributed by atoms with E-state index in [9.17, 15) is 10.1 Å². The van der Waals surface area contributed by atoms with E-state index < -0.39 is 4.92 Å². The Labute approximate surface area is 106 Å². The van der Waals surface area contributed by atoms with E-state index in [0.29, 0.717) is 12.4 Å². The maximum Gasteiger partial charge on any atom is 0.289 e. The summed E-state index contributed by atoms with van der Waals surface area (Å²) in [5, 5.41) is 22.4. The molecule has 0 fully saturated rings. The van der Waals surface area contributed by atoms with Gasteiger partial charge in [0.25, 0.3) is 5.69 Å². The van der Waals surface area contributed by atoms with Gasteiger partial charge in [-0.15, -0.1) is 11.3 Å². The molecule has 2 rings (SSSR count). The highest BCUT2D eigenvalue weighted by Crippen LogP contribution is 2.19. The standard InChI is InChI=1S/C10H7N5O2S/c11-2-7-1-8(15(16)17)3-13-10(7)14-5-9-4-12-6-18-9/h1,3-4,6H,5H2,(H,13,14). The lowest BCUT2D eigenvalue weighted by molar-refractivity contribution is -0.385. The van der Waals surface area contributed by atoms with Crippen molar-refractivity contribution in [3.63, 3.8) is 0 Å². The summed E-state index contributed by atoms with van der Waals surface area (Å²) < 4.78 is 0. The van der Waals surface area contributed by atoms with E-state index in [2.05, 4.69) is 15.3 Å². The van der Waals surface area contributed by atoms with E-state index in [-0.39, 0.29) is 11.3 Å². The highest BCUT2D eigenvalue weighted by atomic mass is 32.1. The Morgan fingerprint density at radius 1 is 1.56 bits per heavy atom. The van der Waals surface area contributed by atoms with E-state index >= 15 is 0 Å². The first-order valence-corrected chi connectivity index (χ1v) is 5.74. The molecule has 8 heteroatoms. The number of nitrogens with zero attached hydrogens (tertiary/aromatic N) is 4. The predicted molar refractivity (Wildman–Crippen MR) is 65.0 cm³/mol. The van der Waals surface area contributed by atoms with Crippen LogP contribution in [0.25, 0.3) is 0 Å². The quantitative estimate of drug-likeness (QED) is 0.666. The Morgan fingerprint density at radius 3 is 3.00 bits per heavy atom. The third kappa shape index (κ3) is 2.58. The molecular formula is C10H7N5O2S. The van der Waals surface area contributed by atoms with Crippen LogP contribution in [0.3, 0.4) is 0 Å². The average molecular weight is 261 g/mol. The molecule has 0 aliphatic carbocycles. The van der Waals surface area contributed by atoms with Crippen molar-refractivity contribution in [2.45, 2.75) is 6.54 Å². The average Bonchev–Trinajstić information content (AvgIpc) is 2.89. The Morgan fingerprint density at radius 2 is 2.39 bits per heavy atom. The van der Waals surface area contributed by atoms with Gasteiger partial charge in [-0.2, -0.15) is 5.26 Å². The largest absolute Gasteiger partial charge is 0.364 e. The van der Waals surface area contributed by atoms with Crippen molar-refractivity contribution in [1.82, 2.24) is 9.97 Å². The maximum atomic E-state index is 10.6. The van der Waals surface area contributed by atoms with Gasteiger partial charge >= 0.3 is 0 Å². The molecule has 0 saturated heterocycles. The van der Waals surface area contributed by atoms with Crippen molar-refractivity contribution in [2.24, 2.45) is 0 Å². The van der Waals surface area contributed by atoms with Crippen LogP contribution >= 0.6 is 11.3 Å². The van der Waals surface area contributed by atoms with Crippen molar-refractivity contribution >= 4 is 22.8 Å². The summed E-state index contributed by atoms with van der Waals surface area (Å²) in [6, 6.07) is 3.08. The molecule has 0 amide bonds. The van der Waals surface area contributed by atoms with Gasteiger partial charge in [0.1, 0.15) is 23.6 Å². The minimum Gasteiger partial charge on any atom is -0.364 e. The van der Waals surface area contributed by atoms with E-state index in [1.165, 1.54) is 17.4 Å². The second-order valence-electron chi connectivity index (χ2n) is 3.28. The molecule has 0 spiro atoms. The summed E-state index contributed by atoms with van der Waals surface area (Å²) >= 11 is 1.47. The number of nitro groups is 1. The van der Waals surface area contributed by atoms with Crippen LogP contribution in [-0.4, -0.2) is 14.9 Å². The molecule has 0 radical (unpaired) electrons. The summed E-state index contributed by atoms with van der Waals surface area (Å²) in [4.78, 5) is 18.8. The molecule has 1 N–H and O–H groups in total. The highest BCUT2D eigenvalue weighted by Gasteiger charge is 2.11. The van der Waals surface area contributed by atoms with Gasteiger partial charge in [-0.1, -0.05) is 0 Å². The molecule has 0 aliphatic heterocycles. The first-order valence-electron chi connectivity index (χ1n) is 4.86. The molecule has 0 aromatic carbocycles. The molecule has 0 saturated carbocycles. The van der Waals surface area contributed by atoms with Gasteiger partial charge < -0.3 is 5.32 Å². The molecule has 0 atom stereocenters. The van der Waals surface area contributed by atoms with E-state index in [1.54, 1.807) is 11.7 Å². The normalized spacial score (nSPS) is 9.72. The molecule has 0 bridgehead atoms. The summed E-state index contributed by atoms with van der Waals surface area (Å²) in [6.45, 7) is 0.476. The monoisotopic (exact) mass is 261 g/mol. The van der Waals surface area contributed by atoms with Crippen molar-refractivity contribution < 1.29 is 4.92 Å². The second kappa shape index (κ2) is 5.20. The smallest absolute Gasteiger partial charge is 0.289 e. The minimum absolute atomic E-state index is 0.147. The van der Waals surface area contributed by atoms with Crippen LogP contribution < -0.4 is 5.32 Å². The zero-order valence-electron chi connectivity index (χ0n) is 9.03. The number of aromatic nitrogens is 2. The summed E-state index contributed by atoms with van der Waals surface area (Å²) in [5.74, 6) is 0.330. The van der Waals surface area contributed by atoms with E-state index in [4.69, 9.17) is 5.26 Å². The van der Waals surface area contributed by atoms with Gasteiger partial charge in [-0.3, -0.25) is 15.1 Å². The van der Waals surface area contributed by atoms with Crippen LogP contribution in [0.5, 0.6) is 0 Å². The molecule has 0 unspecified atom stereocenters. The van der Waals surface area contributed by atoms with Gasteiger partial charge in [0.05, 0.1) is 17.0 Å². The fourth-order valence-corrected chi connectivity index (χ4v) is 1.81. The summed E-state index contributed by atoms with van der Waals surface area (Å²) in [6.07, 6.45) is 2.82. The fourth-order valence-electron chi connectivity index (χ4n) is 1.28. The van der Waals surface area contributed by atoms with Crippen LogP contribution in [0, 0.1) is 21.4 Å². The molecule has 18 heavy (non-hydrogen) atoms. The summed E-state index contributed by atoms with van der Waals surface area (Å²) in [5.41, 5.74) is 1.65. The number of hydrogen-bond acceptors (Lipinski definition) is 7. The summed E-state index contributed by atoms with van der Waals surface area (Å²) in [7, 11) is 0. The van der Waals surface area contributed by atoms with Crippen molar-refractivity contribution in [3.05, 3.63) is 44.5 Å². The highest BCUT2D eigenvalue weighted by molar-refractivity contribution is 7.09. The predicted octanol–water partition coefficient (Wildman–Crippen LogP) is 1.93. The zero-order valence-corrected chi connectivity index (χ0v) is 9.85. The van der Waals surface area contributed by atoms with Gasteiger partial charge in [-0.25, -0.2) is 4.98 Å². The van der Waals surface area contributed by atoms with Crippen molar-refractivity contribution in [3.8, 4) is 6.07 Å². The van der Waals surface area contributed by atoms with Gasteiger partial charge in [0, 0.05) is 17.1 Å². The molecule has 2 aromatic heterocycles. The Kier molecular flexibility index (Phi) is 3.45. The molecular weight excluding hydrogens is 254 g/mol. The Bertz CT molecular complexity index is 605. The third-order valence-corrected chi connectivity index (χ3v) is 2.90. The van der Waals surface area contributed by atoms with Gasteiger partial charge in [0.15, 0.2) is 0 Å². The number of nitrogens with one attached hydrogen (secondary N) is 1. The topological polar surface area (TPSA) is 105 Å². The SMILES string of the molecule is N#Cc1cc([N+](=O)[O-])cnc1NCc1cncs1.